The molecular formula is C25H28ClFN4O5S. The minimum absolute atomic E-state index is 0.0661. The summed E-state index contributed by atoms with van der Waals surface area (Å²) in [5, 5.41) is 15.4. The predicted molar refractivity (Wildman–Crippen MR) is 137 cm³/mol. The van der Waals surface area contributed by atoms with Gasteiger partial charge in [-0.1, -0.05) is 24.6 Å². The van der Waals surface area contributed by atoms with Crippen LogP contribution in [0.5, 0.6) is 0 Å². The largest absolute Gasteiger partial charge is 0.481 e. The summed E-state index contributed by atoms with van der Waals surface area (Å²) in [6.45, 7) is 4.77. The number of morpholine rings is 1. The van der Waals surface area contributed by atoms with Crippen LogP contribution in [0.3, 0.4) is 0 Å². The molecule has 2 N–H and O–H groups in total. The maximum absolute atomic E-state index is 13.9. The van der Waals surface area contributed by atoms with Crippen molar-refractivity contribution in [1.29, 1.82) is 0 Å². The Labute approximate surface area is 223 Å². The zero-order chi connectivity index (χ0) is 26.7. The summed E-state index contributed by atoms with van der Waals surface area (Å²) in [5.41, 5.74) is 1.95. The van der Waals surface area contributed by atoms with Crippen LogP contribution in [0.4, 0.5) is 4.39 Å². The van der Waals surface area contributed by atoms with E-state index in [0.717, 1.165) is 12.1 Å². The number of benzene rings is 1. The molecule has 1 saturated heterocycles. The average molecular weight is 551 g/mol. The molecule has 2 aliphatic heterocycles. The highest BCUT2D eigenvalue weighted by molar-refractivity contribution is 7.11. The number of carboxylic acids is 1. The van der Waals surface area contributed by atoms with Crippen molar-refractivity contribution >= 4 is 40.7 Å². The summed E-state index contributed by atoms with van der Waals surface area (Å²) in [7, 11) is 1.27. The van der Waals surface area contributed by atoms with E-state index in [2.05, 4.69) is 10.3 Å². The highest BCUT2D eigenvalue weighted by atomic mass is 35.5. The van der Waals surface area contributed by atoms with Gasteiger partial charge in [-0.15, -0.1) is 11.3 Å². The van der Waals surface area contributed by atoms with Crippen molar-refractivity contribution in [1.82, 2.24) is 15.2 Å². The number of carbonyl (C=O) groups excluding carboxylic acids is 1. The molecule has 2 unspecified atom stereocenters. The maximum atomic E-state index is 13.9. The van der Waals surface area contributed by atoms with Gasteiger partial charge in [0.1, 0.15) is 11.9 Å². The van der Waals surface area contributed by atoms with Crippen molar-refractivity contribution < 1.29 is 28.6 Å². The zero-order valence-electron chi connectivity index (χ0n) is 20.7. The third-order valence-corrected chi connectivity index (χ3v) is 7.68. The number of carboxylic acid groups (broad SMARTS) is 1. The Bertz CT molecular complexity index is 1250. The molecule has 3 atom stereocenters. The van der Waals surface area contributed by atoms with Crippen LogP contribution in [0.25, 0.3) is 0 Å². The lowest BCUT2D eigenvalue weighted by atomic mass is 9.94. The molecule has 2 aliphatic rings. The van der Waals surface area contributed by atoms with Gasteiger partial charge in [0.2, 0.25) is 0 Å². The predicted octanol–water partition coefficient (Wildman–Crippen LogP) is 3.72. The third-order valence-electron chi connectivity index (χ3n) is 6.39. The summed E-state index contributed by atoms with van der Waals surface area (Å²) < 4.78 is 24.7. The quantitative estimate of drug-likeness (QED) is 0.478. The Morgan fingerprint density at radius 2 is 2.11 bits per heavy atom. The molecule has 198 valence electrons. The lowest BCUT2D eigenvalue weighted by Crippen LogP contribution is -2.54. The molecule has 1 fully saturated rings. The van der Waals surface area contributed by atoms with Crippen LogP contribution in [0, 0.1) is 12.7 Å². The molecule has 37 heavy (non-hydrogen) atoms. The van der Waals surface area contributed by atoms with Gasteiger partial charge in [0.25, 0.3) is 0 Å². The molecule has 1 aromatic carbocycles. The lowest BCUT2D eigenvalue weighted by molar-refractivity contribution is -0.141. The van der Waals surface area contributed by atoms with Gasteiger partial charge in [-0.25, -0.2) is 14.2 Å². The number of nitrogens with zero attached hydrogens (tertiary/aromatic N) is 3. The van der Waals surface area contributed by atoms with Crippen molar-refractivity contribution in [2.45, 2.75) is 44.8 Å². The van der Waals surface area contributed by atoms with Crippen LogP contribution >= 0.6 is 22.9 Å². The number of amidine groups is 1. The van der Waals surface area contributed by atoms with Crippen LogP contribution in [-0.4, -0.2) is 71.7 Å². The van der Waals surface area contributed by atoms with Crippen LogP contribution < -0.4 is 5.32 Å². The van der Waals surface area contributed by atoms with E-state index in [-0.39, 0.29) is 36.2 Å². The van der Waals surface area contributed by atoms with E-state index in [1.165, 1.54) is 36.6 Å². The van der Waals surface area contributed by atoms with Crippen molar-refractivity contribution in [3.8, 4) is 0 Å². The van der Waals surface area contributed by atoms with Crippen molar-refractivity contribution in [2.75, 3.05) is 26.9 Å². The van der Waals surface area contributed by atoms with Gasteiger partial charge in [0.15, 0.2) is 10.8 Å². The molecule has 0 bridgehead atoms. The minimum atomic E-state index is -0.939. The van der Waals surface area contributed by atoms with Crippen LogP contribution in [-0.2, 0) is 19.1 Å². The number of aliphatic carboxylic acids is 1. The van der Waals surface area contributed by atoms with E-state index >= 15 is 0 Å². The number of halogens is 2. The fraction of sp³-hybridized carbons (Fsp3) is 0.440. The topological polar surface area (TPSA) is 113 Å². The Balaban J connectivity index is 1.85. The first-order chi connectivity index (χ1) is 17.7. The Kier molecular flexibility index (Phi) is 8.58. The van der Waals surface area contributed by atoms with Gasteiger partial charge in [-0.05, 0) is 25.5 Å². The van der Waals surface area contributed by atoms with Crippen molar-refractivity contribution in [3.63, 3.8) is 0 Å². The molecule has 2 aromatic rings. The fourth-order valence-electron chi connectivity index (χ4n) is 4.59. The Hall–Kier alpha value is -2.86. The van der Waals surface area contributed by atoms with Gasteiger partial charge in [-0.3, -0.25) is 14.7 Å². The van der Waals surface area contributed by atoms with Crippen LogP contribution in [0.15, 0.2) is 39.8 Å². The van der Waals surface area contributed by atoms with E-state index in [1.54, 1.807) is 0 Å². The first kappa shape index (κ1) is 27.2. The molecule has 0 spiro atoms. The number of hydrogen-bond acceptors (Lipinski definition) is 9. The summed E-state index contributed by atoms with van der Waals surface area (Å²) in [6, 6.07) is 2.58. The maximum Gasteiger partial charge on any atom is 0.338 e. The Morgan fingerprint density at radius 1 is 1.35 bits per heavy atom. The van der Waals surface area contributed by atoms with Gasteiger partial charge in [-0.2, -0.15) is 0 Å². The zero-order valence-corrected chi connectivity index (χ0v) is 22.2. The molecule has 0 saturated carbocycles. The summed E-state index contributed by atoms with van der Waals surface area (Å²) in [5.74, 6) is -1.64. The first-order valence-corrected chi connectivity index (χ1v) is 13.1. The molecule has 0 radical (unpaired) electrons. The SMILES string of the molecule is CCC1COCC(CC(=O)O)N1CC1=C(C(=O)OC)[C@H](c2ccc(F)cc2Cl)N=C(c2nc(C)cs2)N1. The number of nitrogens with one attached hydrogen (secondary N) is 1. The first-order valence-electron chi connectivity index (χ1n) is 11.8. The normalized spacial score (nSPS) is 22.4. The van der Waals surface area contributed by atoms with E-state index in [4.69, 9.17) is 26.1 Å². The summed E-state index contributed by atoms with van der Waals surface area (Å²) in [6.07, 6.45) is 0.605. The summed E-state index contributed by atoms with van der Waals surface area (Å²) in [4.78, 5) is 36.1. The molecular weight excluding hydrogens is 523 g/mol. The second-order valence-corrected chi connectivity index (χ2v) is 10.1. The number of carbonyl (C=O) groups is 2. The van der Waals surface area contributed by atoms with Gasteiger partial charge in [0.05, 0.1) is 32.3 Å². The number of hydrogen-bond donors (Lipinski definition) is 2. The van der Waals surface area contributed by atoms with E-state index in [0.29, 0.717) is 28.7 Å². The molecule has 1 aromatic heterocycles. The van der Waals surface area contributed by atoms with Crippen molar-refractivity contribution in [3.05, 3.63) is 62.0 Å². The lowest BCUT2D eigenvalue weighted by Gasteiger charge is -2.42. The molecule has 0 amide bonds. The molecule has 4 rings (SSSR count). The monoisotopic (exact) mass is 550 g/mol. The van der Waals surface area contributed by atoms with Crippen molar-refractivity contribution in [2.24, 2.45) is 4.99 Å². The number of methoxy groups -OCH3 is 1. The number of thiazole rings is 1. The van der Waals surface area contributed by atoms with E-state index in [9.17, 15) is 19.1 Å². The molecule has 3 heterocycles. The summed E-state index contributed by atoms with van der Waals surface area (Å²) >= 11 is 7.82. The highest BCUT2D eigenvalue weighted by Crippen LogP contribution is 2.37. The second-order valence-electron chi connectivity index (χ2n) is 8.87. The second kappa shape index (κ2) is 11.7. The minimum Gasteiger partial charge on any atom is -0.481 e. The number of aromatic nitrogens is 1. The van der Waals surface area contributed by atoms with Crippen LogP contribution in [0.1, 0.15) is 42.1 Å². The number of esters is 1. The van der Waals surface area contributed by atoms with E-state index in [1.807, 2.05) is 24.1 Å². The highest BCUT2D eigenvalue weighted by Gasteiger charge is 2.38. The Morgan fingerprint density at radius 3 is 2.73 bits per heavy atom. The molecule has 12 heteroatoms. The number of ether oxygens (including phenoxy) is 2. The number of aryl methyl sites for hydroxylation is 1. The van der Waals surface area contributed by atoms with Gasteiger partial charge in [0, 0.05) is 46.0 Å². The third kappa shape index (κ3) is 6.01. The van der Waals surface area contributed by atoms with Gasteiger partial charge >= 0.3 is 11.9 Å². The molecule has 9 nitrogen and oxygen atoms in total. The van der Waals surface area contributed by atoms with Gasteiger partial charge < -0.3 is 19.9 Å². The van der Waals surface area contributed by atoms with Crippen LogP contribution in [0.2, 0.25) is 5.02 Å². The number of aliphatic imine (C=N–C) groups is 1. The average Bonchev–Trinajstić information content (AvgIpc) is 3.30. The standard InChI is InChI=1S/C25H28ClFN4O5S/c1-4-15-10-36-11-16(8-20(32)33)31(15)9-19-21(25(34)35-3)22(17-6-5-14(27)7-18(17)26)30-23(29-19)24-28-13(2)12-37-24/h5-7,12,15-16,22H,4,8-11H2,1-3H3,(H,29,30)(H,32,33)/t15?,16?,22-/m0/s1. The molecule has 0 aliphatic carbocycles. The smallest absolute Gasteiger partial charge is 0.338 e. The fourth-order valence-corrected chi connectivity index (χ4v) is 5.61. The number of rotatable bonds is 8. The van der Waals surface area contributed by atoms with E-state index < -0.39 is 29.8 Å².